The Morgan fingerprint density at radius 3 is 2.25 bits per heavy atom. The van der Waals surface area contributed by atoms with Crippen molar-refractivity contribution in [1.29, 1.82) is 0 Å². The first kappa shape index (κ1) is 11.5. The average Bonchev–Trinajstić information content (AvgIpc) is 1.61. The van der Waals surface area contributed by atoms with Crippen molar-refractivity contribution in [2.45, 2.75) is 19.8 Å². The summed E-state index contributed by atoms with van der Waals surface area (Å²) in [5.74, 6) is 0.427. The molecule has 0 rings (SSSR count). The Kier molecular flexibility index (Phi) is 11.1. The van der Waals surface area contributed by atoms with E-state index in [1.165, 1.54) is 0 Å². The molecule has 0 amide bonds. The Bertz CT molecular complexity index is 67.1. The Balaban J connectivity index is 0. The van der Waals surface area contributed by atoms with E-state index < -0.39 is 11.1 Å². The molecule has 2 nitrogen and oxygen atoms in total. The van der Waals surface area contributed by atoms with Crippen LogP contribution in [0.15, 0.2) is 0 Å². The Morgan fingerprint density at radius 1 is 1.62 bits per heavy atom. The second kappa shape index (κ2) is 7.71. The van der Waals surface area contributed by atoms with E-state index in [1.807, 2.05) is 6.92 Å². The zero-order chi connectivity index (χ0) is 5.70. The van der Waals surface area contributed by atoms with Gasteiger partial charge >= 0.3 is 18.9 Å². The molecule has 0 spiro atoms. The van der Waals surface area contributed by atoms with Crippen LogP contribution in [-0.4, -0.2) is 33.4 Å². The summed E-state index contributed by atoms with van der Waals surface area (Å²) in [5.41, 5.74) is 0. The van der Waals surface area contributed by atoms with Crippen LogP contribution in [-0.2, 0) is 11.1 Å². The summed E-state index contributed by atoms with van der Waals surface area (Å²) >= 11 is -1.57. The third kappa shape index (κ3) is 9.86. The molecule has 0 saturated carbocycles. The quantitative estimate of drug-likeness (QED) is 0.442. The molecule has 4 heteroatoms. The van der Waals surface area contributed by atoms with E-state index in [2.05, 4.69) is 0 Å². The van der Waals surface area contributed by atoms with Crippen molar-refractivity contribution in [1.82, 2.24) is 0 Å². The maximum atomic E-state index is 9.87. The van der Waals surface area contributed by atoms with Gasteiger partial charge in [-0.1, -0.05) is 13.3 Å². The molecule has 0 aliphatic rings. The maximum absolute atomic E-state index is 9.87. The van der Waals surface area contributed by atoms with Crippen LogP contribution in [0.2, 0.25) is 0 Å². The van der Waals surface area contributed by atoms with E-state index in [9.17, 15) is 4.21 Å². The van der Waals surface area contributed by atoms with Gasteiger partial charge in [0.15, 0.2) is 11.1 Å². The van der Waals surface area contributed by atoms with E-state index in [-0.39, 0.29) is 18.9 Å². The first-order valence-electron chi connectivity index (χ1n) is 2.35. The molecule has 0 bridgehead atoms. The van der Waals surface area contributed by atoms with Gasteiger partial charge in [0, 0.05) is 5.75 Å². The molecule has 1 unspecified atom stereocenters. The van der Waals surface area contributed by atoms with E-state index in [0.29, 0.717) is 5.75 Å². The summed E-state index contributed by atoms with van der Waals surface area (Å²) in [5, 5.41) is 0. The number of unbranched alkanes of at least 4 members (excludes halogenated alkanes) is 1. The fourth-order valence-corrected chi connectivity index (χ4v) is 0.803. The zero-order valence-electron chi connectivity index (χ0n) is 4.39. The first-order valence-corrected chi connectivity index (χ1v) is 3.62. The van der Waals surface area contributed by atoms with Crippen LogP contribution >= 0.6 is 0 Å². The zero-order valence-corrected chi connectivity index (χ0v) is 5.20. The van der Waals surface area contributed by atoms with Gasteiger partial charge in [0.1, 0.15) is 0 Å². The van der Waals surface area contributed by atoms with Crippen molar-refractivity contribution in [2.75, 3.05) is 5.75 Å². The summed E-state index contributed by atoms with van der Waals surface area (Å²) in [7, 11) is 0. The summed E-state index contributed by atoms with van der Waals surface area (Å²) in [6, 6.07) is 0. The minimum atomic E-state index is -1.57. The molecule has 0 fully saturated rings. The van der Waals surface area contributed by atoms with Gasteiger partial charge in [0.2, 0.25) is 0 Å². The molecule has 0 radical (unpaired) electrons. The van der Waals surface area contributed by atoms with Gasteiger partial charge in [-0.2, -0.15) is 0 Å². The van der Waals surface area contributed by atoms with E-state index in [1.54, 1.807) is 0 Å². The summed E-state index contributed by atoms with van der Waals surface area (Å²) in [4.78, 5) is 0. The SMILES string of the molecule is CCCCS(=O)O.[LiH]. The molecule has 0 aliphatic heterocycles. The Hall–Kier alpha value is 0.707. The van der Waals surface area contributed by atoms with Gasteiger partial charge in [-0.25, -0.2) is 4.21 Å². The Labute approximate surface area is 64.5 Å². The average molecular weight is 130 g/mol. The van der Waals surface area contributed by atoms with Crippen LogP contribution in [0.3, 0.4) is 0 Å². The second-order valence-electron chi connectivity index (χ2n) is 1.38. The molecule has 46 valence electrons. The minimum absolute atomic E-state index is 0. The molecule has 0 aromatic heterocycles. The molecule has 0 heterocycles. The second-order valence-corrected chi connectivity index (χ2v) is 2.43. The molecule has 1 N–H and O–H groups in total. The molecule has 0 aliphatic carbocycles. The molecule has 0 saturated heterocycles. The molecule has 0 aromatic rings. The molecular formula is C4H11LiO2S. The van der Waals surface area contributed by atoms with Crippen molar-refractivity contribution in [3.63, 3.8) is 0 Å². The Morgan fingerprint density at radius 2 is 2.12 bits per heavy atom. The van der Waals surface area contributed by atoms with Gasteiger partial charge in [0.05, 0.1) is 0 Å². The van der Waals surface area contributed by atoms with Crippen LogP contribution in [0.25, 0.3) is 0 Å². The van der Waals surface area contributed by atoms with Gasteiger partial charge in [0.25, 0.3) is 0 Å². The molecule has 1 atom stereocenters. The normalized spacial score (nSPS) is 12.2. The molecular weight excluding hydrogens is 119 g/mol. The van der Waals surface area contributed by atoms with Crippen molar-refractivity contribution in [3.8, 4) is 0 Å². The third-order valence-electron chi connectivity index (χ3n) is 0.673. The molecule has 0 aromatic carbocycles. The summed E-state index contributed by atoms with van der Waals surface area (Å²) in [6.45, 7) is 1.99. The standard InChI is InChI=1S/C4H10O2S.Li.H/c1-2-3-4-7(5)6;;/h2-4H2,1H3,(H,5,6);;. The topological polar surface area (TPSA) is 37.3 Å². The van der Waals surface area contributed by atoms with Crippen molar-refractivity contribution in [2.24, 2.45) is 0 Å². The van der Waals surface area contributed by atoms with Crippen molar-refractivity contribution < 1.29 is 8.76 Å². The fraction of sp³-hybridized carbons (Fsp3) is 1.00. The van der Waals surface area contributed by atoms with E-state index in [0.717, 1.165) is 12.8 Å². The predicted molar refractivity (Wildman–Crippen MR) is 37.7 cm³/mol. The number of hydrogen-bond acceptors (Lipinski definition) is 1. The van der Waals surface area contributed by atoms with Gasteiger partial charge < -0.3 is 4.55 Å². The predicted octanol–water partition coefficient (Wildman–Crippen LogP) is 0.360. The summed E-state index contributed by atoms with van der Waals surface area (Å²) < 4.78 is 18.0. The third-order valence-corrected chi connectivity index (χ3v) is 1.31. The monoisotopic (exact) mass is 130 g/mol. The van der Waals surface area contributed by atoms with Gasteiger partial charge in [-0.05, 0) is 6.42 Å². The van der Waals surface area contributed by atoms with Gasteiger partial charge in [-0.3, -0.25) is 0 Å². The van der Waals surface area contributed by atoms with Crippen LogP contribution in [0.1, 0.15) is 19.8 Å². The summed E-state index contributed by atoms with van der Waals surface area (Å²) in [6.07, 6.45) is 1.84. The van der Waals surface area contributed by atoms with Crippen LogP contribution in [0.4, 0.5) is 0 Å². The van der Waals surface area contributed by atoms with E-state index >= 15 is 0 Å². The van der Waals surface area contributed by atoms with Crippen molar-refractivity contribution >= 4 is 29.9 Å². The number of rotatable bonds is 3. The first-order chi connectivity index (χ1) is 3.27. The fourth-order valence-electron chi connectivity index (χ4n) is 0.268. The van der Waals surface area contributed by atoms with Crippen LogP contribution in [0, 0.1) is 0 Å². The number of hydrogen-bond donors (Lipinski definition) is 1. The van der Waals surface area contributed by atoms with Crippen molar-refractivity contribution in [3.05, 3.63) is 0 Å². The molecule has 8 heavy (non-hydrogen) atoms. The van der Waals surface area contributed by atoms with Gasteiger partial charge in [-0.15, -0.1) is 0 Å². The van der Waals surface area contributed by atoms with Crippen LogP contribution < -0.4 is 0 Å². The van der Waals surface area contributed by atoms with E-state index in [4.69, 9.17) is 4.55 Å². The van der Waals surface area contributed by atoms with Crippen LogP contribution in [0.5, 0.6) is 0 Å².